The molecule has 8 heteroatoms. The average Bonchev–Trinajstić information content (AvgIpc) is 2.86. The van der Waals surface area contributed by atoms with Crippen LogP contribution in [0.5, 0.6) is 5.75 Å². The lowest BCUT2D eigenvalue weighted by atomic mass is 10.1. The first-order valence-corrected chi connectivity index (χ1v) is 11.0. The highest BCUT2D eigenvalue weighted by Gasteiger charge is 2.12. The zero-order chi connectivity index (χ0) is 22.0. The van der Waals surface area contributed by atoms with Gasteiger partial charge in [0, 0.05) is 43.3 Å². The van der Waals surface area contributed by atoms with Crippen LogP contribution in [0, 0.1) is 0 Å². The van der Waals surface area contributed by atoms with E-state index >= 15 is 0 Å². The molecule has 1 saturated heterocycles. The first-order chi connectivity index (χ1) is 15.8. The van der Waals surface area contributed by atoms with Gasteiger partial charge in [-0.3, -0.25) is 0 Å². The zero-order valence-electron chi connectivity index (χ0n) is 18.1. The van der Waals surface area contributed by atoms with Gasteiger partial charge in [-0.25, -0.2) is 14.4 Å². The van der Waals surface area contributed by atoms with E-state index in [1.807, 2.05) is 36.5 Å². The van der Waals surface area contributed by atoms with Crippen molar-refractivity contribution in [3.8, 4) is 17.0 Å². The maximum Gasteiger partial charge on any atom is 0.128 e. The second-order valence-electron chi connectivity index (χ2n) is 7.46. The average molecular weight is 441 g/mol. The molecule has 0 amide bonds. The maximum atomic E-state index is 11.9. The van der Waals surface area contributed by atoms with Crippen molar-refractivity contribution >= 4 is 16.7 Å². The Bertz CT molecular complexity index is 981. The summed E-state index contributed by atoms with van der Waals surface area (Å²) in [7, 11) is 0. The lowest BCUT2D eigenvalue weighted by Crippen LogP contribution is -2.43. The third kappa shape index (κ3) is 6.12. The Hall–Kier alpha value is -2.81. The van der Waals surface area contributed by atoms with Crippen LogP contribution < -0.4 is 15.0 Å². The van der Waals surface area contributed by atoms with Crippen LogP contribution in [0.2, 0.25) is 0 Å². The largest absolute Gasteiger partial charge is 0.491 e. The molecule has 1 N–H and O–H groups in total. The van der Waals surface area contributed by atoms with E-state index in [-0.39, 0.29) is 6.61 Å². The SMILES string of the molecule is FCCOCCOCCOc1ccc2nc(-c3ccc(N4CCNCC4)nc3)ccc2c1. The first-order valence-electron chi connectivity index (χ1n) is 11.0. The molecule has 1 fully saturated rings. The van der Waals surface area contributed by atoms with E-state index in [1.54, 1.807) is 0 Å². The van der Waals surface area contributed by atoms with Gasteiger partial charge in [-0.2, -0.15) is 0 Å². The third-order valence-corrected chi connectivity index (χ3v) is 5.24. The van der Waals surface area contributed by atoms with Crippen molar-refractivity contribution in [2.24, 2.45) is 0 Å². The Kier molecular flexibility index (Phi) is 8.19. The van der Waals surface area contributed by atoms with Gasteiger partial charge in [-0.1, -0.05) is 6.07 Å². The number of hydrogen-bond acceptors (Lipinski definition) is 7. The Labute approximate surface area is 187 Å². The number of rotatable bonds is 11. The zero-order valence-corrected chi connectivity index (χ0v) is 18.1. The molecule has 1 aliphatic rings. The monoisotopic (exact) mass is 440 g/mol. The Balaban J connectivity index is 1.31. The van der Waals surface area contributed by atoms with Gasteiger partial charge in [0.05, 0.1) is 37.6 Å². The van der Waals surface area contributed by atoms with Crippen molar-refractivity contribution < 1.29 is 18.6 Å². The van der Waals surface area contributed by atoms with Crippen molar-refractivity contribution in [3.05, 3.63) is 48.7 Å². The third-order valence-electron chi connectivity index (χ3n) is 5.24. The van der Waals surface area contributed by atoms with Gasteiger partial charge in [0.2, 0.25) is 0 Å². The number of nitrogens with zero attached hydrogens (tertiary/aromatic N) is 3. The van der Waals surface area contributed by atoms with Gasteiger partial charge in [0.1, 0.15) is 24.8 Å². The minimum atomic E-state index is -0.471. The molecular formula is C24H29FN4O3. The Morgan fingerprint density at radius 2 is 1.72 bits per heavy atom. The molecule has 0 bridgehead atoms. The molecule has 4 rings (SSSR count). The molecule has 7 nitrogen and oxygen atoms in total. The second kappa shape index (κ2) is 11.7. The Morgan fingerprint density at radius 3 is 2.50 bits per heavy atom. The fourth-order valence-corrected chi connectivity index (χ4v) is 3.57. The highest BCUT2D eigenvalue weighted by atomic mass is 19.1. The number of halogens is 1. The number of ether oxygens (including phenoxy) is 3. The molecule has 0 aliphatic carbocycles. The smallest absolute Gasteiger partial charge is 0.128 e. The van der Waals surface area contributed by atoms with Crippen LogP contribution >= 0.6 is 0 Å². The van der Waals surface area contributed by atoms with Crippen LogP contribution in [0.15, 0.2) is 48.7 Å². The predicted octanol–water partition coefficient (Wildman–Crippen LogP) is 3.09. The minimum Gasteiger partial charge on any atom is -0.491 e. The van der Waals surface area contributed by atoms with Gasteiger partial charge < -0.3 is 24.4 Å². The summed E-state index contributed by atoms with van der Waals surface area (Å²) in [5.41, 5.74) is 2.80. The molecule has 0 radical (unpaired) electrons. The fraction of sp³-hybridized carbons (Fsp3) is 0.417. The predicted molar refractivity (Wildman–Crippen MR) is 123 cm³/mol. The van der Waals surface area contributed by atoms with Crippen molar-refractivity contribution in [2.45, 2.75) is 0 Å². The Morgan fingerprint density at radius 1 is 0.906 bits per heavy atom. The topological polar surface area (TPSA) is 68.7 Å². The molecule has 1 aromatic carbocycles. The van der Waals surface area contributed by atoms with Gasteiger partial charge >= 0.3 is 0 Å². The van der Waals surface area contributed by atoms with E-state index in [0.717, 1.165) is 59.9 Å². The molecule has 0 atom stereocenters. The molecule has 170 valence electrons. The molecule has 0 saturated carbocycles. The number of anilines is 1. The number of pyridine rings is 2. The van der Waals surface area contributed by atoms with Gasteiger partial charge in [-0.05, 0) is 36.4 Å². The summed E-state index contributed by atoms with van der Waals surface area (Å²) in [6.45, 7) is 5.29. The van der Waals surface area contributed by atoms with E-state index in [9.17, 15) is 4.39 Å². The van der Waals surface area contributed by atoms with Crippen LogP contribution in [0.25, 0.3) is 22.2 Å². The van der Waals surface area contributed by atoms with Crippen LogP contribution in [-0.4, -0.2) is 75.9 Å². The normalized spacial score (nSPS) is 14.1. The highest BCUT2D eigenvalue weighted by Crippen LogP contribution is 2.25. The van der Waals surface area contributed by atoms with E-state index in [4.69, 9.17) is 19.2 Å². The number of nitrogens with one attached hydrogen (secondary N) is 1. The first kappa shape index (κ1) is 22.4. The molecule has 32 heavy (non-hydrogen) atoms. The van der Waals surface area contributed by atoms with Crippen LogP contribution in [0.1, 0.15) is 0 Å². The van der Waals surface area contributed by atoms with E-state index in [2.05, 4.69) is 27.3 Å². The van der Waals surface area contributed by atoms with Crippen molar-refractivity contribution in [2.75, 3.05) is 70.8 Å². The summed E-state index contributed by atoms with van der Waals surface area (Å²) >= 11 is 0. The summed E-state index contributed by atoms with van der Waals surface area (Å²) in [5.74, 6) is 1.78. The number of alkyl halides is 1. The van der Waals surface area contributed by atoms with Crippen molar-refractivity contribution in [1.29, 1.82) is 0 Å². The molecule has 2 aromatic heterocycles. The highest BCUT2D eigenvalue weighted by molar-refractivity contribution is 5.82. The number of aromatic nitrogens is 2. The van der Waals surface area contributed by atoms with Crippen LogP contribution in [-0.2, 0) is 9.47 Å². The fourth-order valence-electron chi connectivity index (χ4n) is 3.57. The number of benzene rings is 1. The lowest BCUT2D eigenvalue weighted by molar-refractivity contribution is 0.0325. The minimum absolute atomic E-state index is 0.116. The van der Waals surface area contributed by atoms with Crippen molar-refractivity contribution in [3.63, 3.8) is 0 Å². The van der Waals surface area contributed by atoms with E-state index in [1.165, 1.54) is 0 Å². The molecule has 1 aliphatic heterocycles. The molecule has 3 aromatic rings. The molecule has 3 heterocycles. The van der Waals surface area contributed by atoms with Crippen LogP contribution in [0.4, 0.5) is 10.2 Å². The number of fused-ring (bicyclic) bond motifs is 1. The molecule has 0 unspecified atom stereocenters. The summed E-state index contributed by atoms with van der Waals surface area (Å²) < 4.78 is 28.1. The van der Waals surface area contributed by atoms with E-state index < -0.39 is 6.67 Å². The lowest BCUT2D eigenvalue weighted by Gasteiger charge is -2.28. The molecule has 0 spiro atoms. The maximum absolute atomic E-state index is 11.9. The number of hydrogen-bond donors (Lipinski definition) is 1. The summed E-state index contributed by atoms with van der Waals surface area (Å²) in [5, 5.41) is 4.37. The molecular weight excluding hydrogens is 411 g/mol. The summed E-state index contributed by atoms with van der Waals surface area (Å²) in [6, 6.07) is 14.1. The number of piperazine rings is 1. The summed E-state index contributed by atoms with van der Waals surface area (Å²) in [6.07, 6.45) is 1.89. The standard InChI is InChI=1S/C24H29FN4O3/c25-7-12-30-13-14-31-15-16-32-21-3-5-22-19(17-21)1-4-23(28-22)20-2-6-24(27-18-20)29-10-8-26-9-11-29/h1-6,17-18,26H,7-16H2. The quantitative estimate of drug-likeness (QED) is 0.460. The van der Waals surface area contributed by atoms with E-state index in [0.29, 0.717) is 26.4 Å². The second-order valence-corrected chi connectivity index (χ2v) is 7.46. The van der Waals surface area contributed by atoms with Gasteiger partial charge in [-0.15, -0.1) is 0 Å². The summed E-state index contributed by atoms with van der Waals surface area (Å²) in [4.78, 5) is 11.7. The van der Waals surface area contributed by atoms with Gasteiger partial charge in [0.15, 0.2) is 0 Å². The van der Waals surface area contributed by atoms with Crippen LogP contribution in [0.3, 0.4) is 0 Å². The van der Waals surface area contributed by atoms with Crippen molar-refractivity contribution in [1.82, 2.24) is 15.3 Å². The van der Waals surface area contributed by atoms with Gasteiger partial charge in [0.25, 0.3) is 0 Å².